The number of pyridine rings is 1. The predicted molar refractivity (Wildman–Crippen MR) is 69.0 cm³/mol. The Morgan fingerprint density at radius 1 is 1.33 bits per heavy atom. The summed E-state index contributed by atoms with van der Waals surface area (Å²) in [7, 11) is 1.61. The van der Waals surface area contributed by atoms with Crippen LogP contribution in [0.2, 0.25) is 0 Å². The molecule has 0 amide bonds. The van der Waals surface area contributed by atoms with E-state index in [1.54, 1.807) is 7.11 Å². The molecule has 0 unspecified atom stereocenters. The molecule has 18 heavy (non-hydrogen) atoms. The zero-order valence-electron chi connectivity index (χ0n) is 10.4. The number of carboxylic acid groups (broad SMARTS) is 1. The summed E-state index contributed by atoms with van der Waals surface area (Å²) in [5, 5.41) is 9.71. The molecule has 0 aliphatic rings. The lowest BCUT2D eigenvalue weighted by molar-refractivity contribution is -0.136. The van der Waals surface area contributed by atoms with E-state index in [1.807, 2.05) is 31.2 Å². The highest BCUT2D eigenvalue weighted by Gasteiger charge is 2.09. The first-order valence-corrected chi connectivity index (χ1v) is 5.77. The predicted octanol–water partition coefficient (Wildman–Crippen LogP) is 2.57. The van der Waals surface area contributed by atoms with Crippen LogP contribution in [-0.4, -0.2) is 23.2 Å². The van der Waals surface area contributed by atoms with E-state index in [4.69, 9.17) is 9.84 Å². The average Bonchev–Trinajstić information content (AvgIpc) is 2.35. The van der Waals surface area contributed by atoms with Crippen molar-refractivity contribution < 1.29 is 14.6 Å². The van der Waals surface area contributed by atoms with Crippen molar-refractivity contribution in [1.82, 2.24) is 4.98 Å². The Hall–Kier alpha value is -2.10. The van der Waals surface area contributed by atoms with Crippen molar-refractivity contribution >= 4 is 16.9 Å². The van der Waals surface area contributed by atoms with Crippen LogP contribution in [0.4, 0.5) is 0 Å². The van der Waals surface area contributed by atoms with E-state index in [9.17, 15) is 4.79 Å². The second-order valence-electron chi connectivity index (χ2n) is 4.17. The van der Waals surface area contributed by atoms with Crippen LogP contribution in [0.5, 0.6) is 5.75 Å². The largest absolute Gasteiger partial charge is 0.494 e. The average molecular weight is 245 g/mol. The quantitative estimate of drug-likeness (QED) is 0.899. The van der Waals surface area contributed by atoms with Gasteiger partial charge in [-0.1, -0.05) is 12.1 Å². The van der Waals surface area contributed by atoms with Crippen LogP contribution in [0.3, 0.4) is 0 Å². The van der Waals surface area contributed by atoms with Crippen molar-refractivity contribution in [3.63, 3.8) is 0 Å². The molecule has 1 heterocycles. The van der Waals surface area contributed by atoms with Gasteiger partial charge in [0.2, 0.25) is 0 Å². The Balaban J connectivity index is 2.52. The summed E-state index contributed by atoms with van der Waals surface area (Å²) in [6.45, 7) is 1.92. The Kier molecular flexibility index (Phi) is 3.46. The molecule has 0 saturated heterocycles. The van der Waals surface area contributed by atoms with Crippen LogP contribution in [0.15, 0.2) is 24.3 Å². The van der Waals surface area contributed by atoms with Crippen molar-refractivity contribution in [2.24, 2.45) is 0 Å². The molecule has 0 saturated carbocycles. The van der Waals surface area contributed by atoms with E-state index < -0.39 is 5.97 Å². The number of aliphatic carboxylic acids is 1. The van der Waals surface area contributed by atoms with Gasteiger partial charge >= 0.3 is 5.97 Å². The minimum Gasteiger partial charge on any atom is -0.494 e. The van der Waals surface area contributed by atoms with E-state index in [-0.39, 0.29) is 6.42 Å². The van der Waals surface area contributed by atoms with Crippen LogP contribution in [-0.2, 0) is 11.2 Å². The SMILES string of the molecule is COc1ccc(CCC(=O)O)c2ccc(C)nc12. The summed E-state index contributed by atoms with van der Waals surface area (Å²) in [5.41, 5.74) is 2.69. The number of rotatable bonds is 4. The number of ether oxygens (including phenoxy) is 1. The van der Waals surface area contributed by atoms with Crippen molar-refractivity contribution in [3.05, 3.63) is 35.5 Å². The van der Waals surface area contributed by atoms with Crippen LogP contribution < -0.4 is 4.74 Å². The third-order valence-corrected chi connectivity index (χ3v) is 2.88. The summed E-state index contributed by atoms with van der Waals surface area (Å²) < 4.78 is 5.28. The molecule has 0 radical (unpaired) electrons. The Labute approximate surface area is 105 Å². The highest BCUT2D eigenvalue weighted by Crippen LogP contribution is 2.27. The molecule has 0 spiro atoms. The van der Waals surface area contributed by atoms with Gasteiger partial charge in [-0.15, -0.1) is 0 Å². The Bertz CT molecular complexity index is 593. The molecule has 1 aromatic carbocycles. The summed E-state index contributed by atoms with van der Waals surface area (Å²) in [5.74, 6) is -0.0770. The van der Waals surface area contributed by atoms with Gasteiger partial charge in [0.25, 0.3) is 0 Å². The van der Waals surface area contributed by atoms with E-state index in [0.29, 0.717) is 12.2 Å². The summed E-state index contributed by atoms with van der Waals surface area (Å²) in [6, 6.07) is 7.64. The number of methoxy groups -OCH3 is 1. The normalized spacial score (nSPS) is 10.6. The van der Waals surface area contributed by atoms with Gasteiger partial charge in [-0.25, -0.2) is 4.98 Å². The van der Waals surface area contributed by atoms with Gasteiger partial charge in [0, 0.05) is 17.5 Å². The minimum absolute atomic E-state index is 0.120. The lowest BCUT2D eigenvalue weighted by Gasteiger charge is -2.09. The first-order chi connectivity index (χ1) is 8.61. The smallest absolute Gasteiger partial charge is 0.303 e. The fourth-order valence-electron chi connectivity index (χ4n) is 1.97. The molecule has 0 aliphatic heterocycles. The van der Waals surface area contributed by atoms with Gasteiger partial charge in [-0.05, 0) is 31.0 Å². The van der Waals surface area contributed by atoms with Crippen molar-refractivity contribution in [1.29, 1.82) is 0 Å². The molecule has 4 nitrogen and oxygen atoms in total. The molecular formula is C14H15NO3. The van der Waals surface area contributed by atoms with Gasteiger partial charge in [-0.2, -0.15) is 0 Å². The molecule has 0 atom stereocenters. The van der Waals surface area contributed by atoms with E-state index in [2.05, 4.69) is 4.98 Å². The van der Waals surface area contributed by atoms with Crippen LogP contribution in [0.1, 0.15) is 17.7 Å². The monoisotopic (exact) mass is 245 g/mol. The van der Waals surface area contributed by atoms with Gasteiger partial charge in [0.1, 0.15) is 11.3 Å². The number of carbonyl (C=O) groups is 1. The Morgan fingerprint density at radius 3 is 2.78 bits per heavy atom. The van der Waals surface area contributed by atoms with E-state index >= 15 is 0 Å². The molecule has 2 aromatic rings. The molecule has 0 aliphatic carbocycles. The van der Waals surface area contributed by atoms with Crippen LogP contribution in [0.25, 0.3) is 10.9 Å². The van der Waals surface area contributed by atoms with Gasteiger partial charge < -0.3 is 9.84 Å². The number of carboxylic acids is 1. The number of nitrogens with zero attached hydrogens (tertiary/aromatic N) is 1. The highest BCUT2D eigenvalue weighted by molar-refractivity contribution is 5.88. The van der Waals surface area contributed by atoms with E-state index in [1.165, 1.54) is 0 Å². The van der Waals surface area contributed by atoms with Crippen LogP contribution >= 0.6 is 0 Å². The standard InChI is InChI=1S/C14H15NO3/c1-9-3-6-11-10(5-8-13(16)17)4-7-12(18-2)14(11)15-9/h3-4,6-7H,5,8H2,1-2H3,(H,16,17). The fourth-order valence-corrected chi connectivity index (χ4v) is 1.97. The van der Waals surface area contributed by atoms with Crippen molar-refractivity contribution in [2.45, 2.75) is 19.8 Å². The number of fused-ring (bicyclic) bond motifs is 1. The minimum atomic E-state index is -0.793. The molecular weight excluding hydrogens is 230 g/mol. The molecule has 94 valence electrons. The summed E-state index contributed by atoms with van der Waals surface area (Å²) in [6.07, 6.45) is 0.621. The molecule has 0 bridgehead atoms. The van der Waals surface area contributed by atoms with E-state index in [0.717, 1.165) is 22.2 Å². The van der Waals surface area contributed by atoms with Crippen LogP contribution in [0, 0.1) is 6.92 Å². The maximum absolute atomic E-state index is 10.6. The van der Waals surface area contributed by atoms with Crippen molar-refractivity contribution in [3.8, 4) is 5.75 Å². The molecule has 1 aromatic heterocycles. The maximum Gasteiger partial charge on any atom is 0.303 e. The molecule has 0 fully saturated rings. The first kappa shape index (κ1) is 12.4. The molecule has 4 heteroatoms. The summed E-state index contributed by atoms with van der Waals surface area (Å²) in [4.78, 5) is 15.1. The second kappa shape index (κ2) is 5.04. The van der Waals surface area contributed by atoms with Crippen molar-refractivity contribution in [2.75, 3.05) is 7.11 Å². The zero-order valence-corrected chi connectivity index (χ0v) is 10.4. The number of hydrogen-bond donors (Lipinski definition) is 1. The topological polar surface area (TPSA) is 59.4 Å². The fraction of sp³-hybridized carbons (Fsp3) is 0.286. The highest BCUT2D eigenvalue weighted by atomic mass is 16.5. The second-order valence-corrected chi connectivity index (χ2v) is 4.17. The third-order valence-electron chi connectivity index (χ3n) is 2.88. The maximum atomic E-state index is 10.6. The third kappa shape index (κ3) is 2.42. The molecule has 2 rings (SSSR count). The zero-order chi connectivity index (χ0) is 13.1. The first-order valence-electron chi connectivity index (χ1n) is 5.77. The number of hydrogen-bond acceptors (Lipinski definition) is 3. The molecule has 1 N–H and O–H groups in total. The summed E-state index contributed by atoms with van der Waals surface area (Å²) >= 11 is 0. The Morgan fingerprint density at radius 2 is 2.11 bits per heavy atom. The number of aryl methyl sites for hydroxylation is 2. The van der Waals surface area contributed by atoms with Gasteiger partial charge in [0.15, 0.2) is 0 Å². The van der Waals surface area contributed by atoms with Gasteiger partial charge in [0.05, 0.1) is 7.11 Å². The number of aromatic nitrogens is 1. The lowest BCUT2D eigenvalue weighted by atomic mass is 10.0. The van der Waals surface area contributed by atoms with Gasteiger partial charge in [-0.3, -0.25) is 4.79 Å². The lowest BCUT2D eigenvalue weighted by Crippen LogP contribution is -1.99. The number of benzene rings is 1.